The second-order valence-corrected chi connectivity index (χ2v) is 4.58. The molecule has 1 rings (SSSR count). The van der Waals surface area contributed by atoms with Gasteiger partial charge in [-0.15, -0.1) is 0 Å². The fourth-order valence-corrected chi connectivity index (χ4v) is 1.98. The predicted molar refractivity (Wildman–Crippen MR) is 73.7 cm³/mol. The first-order valence-electron chi connectivity index (χ1n) is 6.06. The molecule has 0 spiro atoms. The van der Waals surface area contributed by atoms with E-state index in [1.807, 2.05) is 7.05 Å². The van der Waals surface area contributed by atoms with Gasteiger partial charge in [-0.1, -0.05) is 17.7 Å². The van der Waals surface area contributed by atoms with Crippen molar-refractivity contribution in [2.75, 3.05) is 32.7 Å². The van der Waals surface area contributed by atoms with E-state index in [0.29, 0.717) is 6.04 Å². The van der Waals surface area contributed by atoms with Gasteiger partial charge in [-0.2, -0.15) is 0 Å². The lowest BCUT2D eigenvalue weighted by Gasteiger charge is -2.28. The molecular weight excluding hydrogens is 212 g/mol. The van der Waals surface area contributed by atoms with Crippen molar-refractivity contribution in [3.8, 4) is 0 Å². The van der Waals surface area contributed by atoms with Crippen molar-refractivity contribution in [2.45, 2.75) is 26.4 Å². The molecule has 1 aromatic carbocycles. The molecule has 0 bridgehead atoms. The Balaban J connectivity index is 2.94. The summed E-state index contributed by atoms with van der Waals surface area (Å²) in [5, 5.41) is 3.22. The molecule has 0 radical (unpaired) electrons. The third kappa shape index (κ3) is 3.72. The molecule has 0 aliphatic carbocycles. The topological polar surface area (TPSA) is 24.5 Å². The van der Waals surface area contributed by atoms with E-state index in [-0.39, 0.29) is 0 Å². The van der Waals surface area contributed by atoms with Gasteiger partial charge in [0, 0.05) is 32.4 Å². The smallest absolute Gasteiger partial charge is 0.0663 e. The zero-order valence-corrected chi connectivity index (χ0v) is 11.6. The van der Waals surface area contributed by atoms with Crippen LogP contribution in [0.4, 0.5) is 5.69 Å². The molecule has 0 fully saturated rings. The Morgan fingerprint density at radius 3 is 2.71 bits per heavy atom. The molecule has 17 heavy (non-hydrogen) atoms. The summed E-state index contributed by atoms with van der Waals surface area (Å²) >= 11 is 0. The minimum atomic E-state index is 0.373. The minimum Gasteiger partial charge on any atom is -0.383 e. The largest absolute Gasteiger partial charge is 0.383 e. The number of hydrogen-bond donors (Lipinski definition) is 1. The zero-order chi connectivity index (χ0) is 12.8. The van der Waals surface area contributed by atoms with Crippen molar-refractivity contribution in [2.24, 2.45) is 0 Å². The molecular formula is C14H24N2O. The summed E-state index contributed by atoms with van der Waals surface area (Å²) in [5.41, 5.74) is 3.90. The molecule has 0 saturated carbocycles. The van der Waals surface area contributed by atoms with Crippen LogP contribution in [0.15, 0.2) is 18.2 Å². The molecule has 1 atom stereocenters. The molecule has 0 amide bonds. The number of nitrogens with zero attached hydrogens (tertiary/aromatic N) is 1. The number of anilines is 1. The third-order valence-corrected chi connectivity index (χ3v) is 3.05. The number of likely N-dealkylation sites (N-methyl/N-ethyl adjacent to an activating group) is 1. The Hall–Kier alpha value is -1.06. The maximum atomic E-state index is 5.21. The van der Waals surface area contributed by atoms with Gasteiger partial charge in [0.15, 0.2) is 0 Å². The summed E-state index contributed by atoms with van der Waals surface area (Å²) in [4.78, 5) is 2.27. The van der Waals surface area contributed by atoms with Crippen LogP contribution in [-0.2, 0) is 11.3 Å². The first-order valence-corrected chi connectivity index (χ1v) is 6.06. The SMILES string of the molecule is CNCc1cc(C)ccc1N(C)C(C)COC. The lowest BCUT2D eigenvalue weighted by molar-refractivity contribution is 0.183. The first kappa shape index (κ1) is 14.0. The van der Waals surface area contributed by atoms with Gasteiger partial charge in [0.2, 0.25) is 0 Å². The summed E-state index contributed by atoms with van der Waals surface area (Å²) in [7, 11) is 5.84. The monoisotopic (exact) mass is 236 g/mol. The van der Waals surface area contributed by atoms with Crippen molar-refractivity contribution in [3.05, 3.63) is 29.3 Å². The molecule has 1 aromatic rings. The van der Waals surface area contributed by atoms with E-state index < -0.39 is 0 Å². The summed E-state index contributed by atoms with van der Waals surface area (Å²) in [5.74, 6) is 0. The van der Waals surface area contributed by atoms with Gasteiger partial charge in [-0.3, -0.25) is 0 Å². The van der Waals surface area contributed by atoms with E-state index in [4.69, 9.17) is 4.74 Å². The Labute approximate surface area is 105 Å². The van der Waals surface area contributed by atoms with Gasteiger partial charge in [0.1, 0.15) is 0 Å². The molecule has 0 aliphatic heterocycles. The molecule has 3 nitrogen and oxygen atoms in total. The van der Waals surface area contributed by atoms with Crippen LogP contribution in [0.25, 0.3) is 0 Å². The van der Waals surface area contributed by atoms with Crippen molar-refractivity contribution in [3.63, 3.8) is 0 Å². The molecule has 0 aromatic heterocycles. The molecule has 1 unspecified atom stereocenters. The Morgan fingerprint density at radius 1 is 1.41 bits per heavy atom. The van der Waals surface area contributed by atoms with Crippen molar-refractivity contribution in [1.82, 2.24) is 5.32 Å². The highest BCUT2D eigenvalue weighted by molar-refractivity contribution is 5.55. The zero-order valence-electron chi connectivity index (χ0n) is 11.6. The van der Waals surface area contributed by atoms with Crippen LogP contribution in [0.5, 0.6) is 0 Å². The Morgan fingerprint density at radius 2 is 2.12 bits per heavy atom. The summed E-state index contributed by atoms with van der Waals surface area (Å²) in [6, 6.07) is 6.96. The third-order valence-electron chi connectivity index (χ3n) is 3.05. The standard InChI is InChI=1S/C14H24N2O/c1-11-6-7-14(13(8-11)9-15-3)16(4)12(2)10-17-5/h6-8,12,15H,9-10H2,1-5H3. The summed E-state index contributed by atoms with van der Waals surface area (Å²) in [6.07, 6.45) is 0. The summed E-state index contributed by atoms with van der Waals surface area (Å²) < 4.78 is 5.21. The van der Waals surface area contributed by atoms with Crippen molar-refractivity contribution < 1.29 is 4.74 Å². The van der Waals surface area contributed by atoms with Crippen LogP contribution in [0.1, 0.15) is 18.1 Å². The number of aryl methyl sites for hydroxylation is 1. The number of nitrogens with one attached hydrogen (secondary N) is 1. The maximum absolute atomic E-state index is 5.21. The van der Waals surface area contributed by atoms with Gasteiger partial charge < -0.3 is 15.0 Å². The quantitative estimate of drug-likeness (QED) is 0.819. The Kier molecular flexibility index (Phi) is 5.45. The van der Waals surface area contributed by atoms with Crippen LogP contribution in [-0.4, -0.2) is 33.9 Å². The van der Waals surface area contributed by atoms with E-state index in [9.17, 15) is 0 Å². The number of ether oxygens (including phenoxy) is 1. The molecule has 0 aliphatic rings. The predicted octanol–water partition coefficient (Wildman–Crippen LogP) is 2.19. The molecule has 96 valence electrons. The minimum absolute atomic E-state index is 0.373. The van der Waals surface area contributed by atoms with Gasteiger partial charge in [0.05, 0.1) is 6.61 Å². The van der Waals surface area contributed by atoms with Crippen molar-refractivity contribution >= 4 is 5.69 Å². The highest BCUT2D eigenvalue weighted by atomic mass is 16.5. The van der Waals surface area contributed by atoms with E-state index >= 15 is 0 Å². The summed E-state index contributed by atoms with van der Waals surface area (Å²) in [6.45, 7) is 5.93. The maximum Gasteiger partial charge on any atom is 0.0663 e. The van der Waals surface area contributed by atoms with Gasteiger partial charge in [-0.05, 0) is 32.5 Å². The normalized spacial score (nSPS) is 12.5. The van der Waals surface area contributed by atoms with Crippen LogP contribution in [0, 0.1) is 6.92 Å². The number of methoxy groups -OCH3 is 1. The van der Waals surface area contributed by atoms with Crippen LogP contribution in [0.2, 0.25) is 0 Å². The number of benzene rings is 1. The van der Waals surface area contributed by atoms with Gasteiger partial charge in [0.25, 0.3) is 0 Å². The van der Waals surface area contributed by atoms with E-state index in [1.54, 1.807) is 7.11 Å². The lowest BCUT2D eigenvalue weighted by Crippen LogP contribution is -2.33. The van der Waals surface area contributed by atoms with Crippen LogP contribution in [0.3, 0.4) is 0 Å². The molecule has 3 heteroatoms. The number of hydrogen-bond acceptors (Lipinski definition) is 3. The number of rotatable bonds is 6. The van der Waals surface area contributed by atoms with E-state index in [0.717, 1.165) is 13.2 Å². The average molecular weight is 236 g/mol. The molecule has 0 saturated heterocycles. The van der Waals surface area contributed by atoms with Crippen LogP contribution >= 0.6 is 0 Å². The Bertz CT molecular complexity index is 352. The second kappa shape index (κ2) is 6.62. The van der Waals surface area contributed by atoms with E-state index in [2.05, 4.69) is 49.3 Å². The second-order valence-electron chi connectivity index (χ2n) is 4.58. The average Bonchev–Trinajstić information content (AvgIpc) is 2.29. The first-order chi connectivity index (χ1) is 8.10. The van der Waals surface area contributed by atoms with Crippen LogP contribution < -0.4 is 10.2 Å². The molecule has 0 heterocycles. The van der Waals surface area contributed by atoms with E-state index in [1.165, 1.54) is 16.8 Å². The lowest BCUT2D eigenvalue weighted by atomic mass is 10.1. The highest BCUT2D eigenvalue weighted by Gasteiger charge is 2.13. The highest BCUT2D eigenvalue weighted by Crippen LogP contribution is 2.22. The molecule has 1 N–H and O–H groups in total. The fraction of sp³-hybridized carbons (Fsp3) is 0.571. The fourth-order valence-electron chi connectivity index (χ4n) is 1.98. The van der Waals surface area contributed by atoms with Gasteiger partial charge >= 0.3 is 0 Å². The van der Waals surface area contributed by atoms with Crippen molar-refractivity contribution in [1.29, 1.82) is 0 Å². The van der Waals surface area contributed by atoms with Gasteiger partial charge in [-0.25, -0.2) is 0 Å².